The highest BCUT2D eigenvalue weighted by molar-refractivity contribution is 7.89. The van der Waals surface area contributed by atoms with E-state index in [0.29, 0.717) is 28.1 Å². The summed E-state index contributed by atoms with van der Waals surface area (Å²) in [7, 11) is -4.53. The molecule has 0 bridgehead atoms. The monoisotopic (exact) mass is 529 g/mol. The molecule has 33 heavy (non-hydrogen) atoms. The number of hydrazone groups is 1. The van der Waals surface area contributed by atoms with Gasteiger partial charge < -0.3 is 0 Å². The van der Waals surface area contributed by atoms with Gasteiger partial charge in [0.15, 0.2) is 0 Å². The van der Waals surface area contributed by atoms with E-state index >= 15 is 0 Å². The van der Waals surface area contributed by atoms with E-state index in [1.54, 1.807) is 42.6 Å². The fourth-order valence-corrected chi connectivity index (χ4v) is 5.41. The molecule has 3 aromatic carbocycles. The van der Waals surface area contributed by atoms with Gasteiger partial charge in [-0.2, -0.15) is 9.82 Å². The van der Waals surface area contributed by atoms with Crippen LogP contribution in [-0.2, 0) is 10.0 Å². The first-order valence-corrected chi connectivity index (χ1v) is 12.3. The summed E-state index contributed by atoms with van der Waals surface area (Å²) in [5.41, 5.74) is 1.16. The summed E-state index contributed by atoms with van der Waals surface area (Å²) in [5, 5.41) is 6.94. The zero-order valence-electron chi connectivity index (χ0n) is 16.7. The third-order valence-corrected chi connectivity index (χ3v) is 7.33. The van der Waals surface area contributed by atoms with Gasteiger partial charge in [0.05, 0.1) is 6.04 Å². The lowest BCUT2D eigenvalue weighted by Crippen LogP contribution is -2.39. The number of nitrogens with one attached hydrogen (secondary N) is 1. The van der Waals surface area contributed by atoms with Crippen LogP contribution in [0.3, 0.4) is 0 Å². The lowest BCUT2D eigenvalue weighted by Gasteiger charge is -2.33. The number of sulfonamides is 1. The number of benzene rings is 3. The van der Waals surface area contributed by atoms with Crippen molar-refractivity contribution in [1.29, 1.82) is 0 Å². The molecule has 1 heterocycles. The molecule has 4 rings (SSSR count). The van der Waals surface area contributed by atoms with E-state index in [2.05, 4.69) is 9.82 Å². The third kappa shape index (κ3) is 5.15. The second-order valence-electron chi connectivity index (χ2n) is 7.25. The van der Waals surface area contributed by atoms with Crippen LogP contribution in [0, 0.1) is 11.6 Å². The number of nitrogens with zero attached hydrogens (tertiary/aromatic N) is 2. The van der Waals surface area contributed by atoms with Gasteiger partial charge in [0.2, 0.25) is 10.0 Å². The van der Waals surface area contributed by atoms with Crippen molar-refractivity contribution in [3.05, 3.63) is 98.5 Å². The topological polar surface area (TPSA) is 61.8 Å². The zero-order valence-corrected chi connectivity index (χ0v) is 19.8. The molecule has 0 saturated carbocycles. The standard InChI is InChI=1S/C22H16Cl3F2N3O2S/c23-14-3-1-13(2-4-14)20-9-10-28-30(20)22(17-7-5-15(24)11-18(17)25)29-33(31,32)21-12-16(26)6-8-19(21)27/h1-8,10-12,20,22,29H,9H2. The quantitative estimate of drug-likeness (QED) is 0.405. The highest BCUT2D eigenvalue weighted by atomic mass is 35.5. The van der Waals surface area contributed by atoms with Crippen molar-refractivity contribution in [2.45, 2.75) is 23.5 Å². The van der Waals surface area contributed by atoms with Crippen LogP contribution in [0.5, 0.6) is 0 Å². The summed E-state index contributed by atoms with van der Waals surface area (Å²) in [6, 6.07) is 13.4. The van der Waals surface area contributed by atoms with E-state index in [1.165, 1.54) is 11.1 Å². The van der Waals surface area contributed by atoms with Crippen LogP contribution in [0.4, 0.5) is 8.78 Å². The fraction of sp³-hybridized carbons (Fsp3) is 0.136. The van der Waals surface area contributed by atoms with Gasteiger partial charge in [0, 0.05) is 33.3 Å². The van der Waals surface area contributed by atoms with Crippen LogP contribution in [0.15, 0.2) is 70.7 Å². The minimum atomic E-state index is -4.53. The summed E-state index contributed by atoms with van der Waals surface area (Å²) < 4.78 is 56.7. The highest BCUT2D eigenvalue weighted by Gasteiger charge is 2.35. The minimum absolute atomic E-state index is 0.173. The molecule has 0 aliphatic carbocycles. The maximum absolute atomic E-state index is 14.3. The second-order valence-corrected chi connectivity index (χ2v) is 10.2. The Morgan fingerprint density at radius 1 is 0.970 bits per heavy atom. The minimum Gasteiger partial charge on any atom is -0.267 e. The number of halogens is 5. The first kappa shape index (κ1) is 23.9. The van der Waals surface area contributed by atoms with Gasteiger partial charge >= 0.3 is 0 Å². The molecule has 11 heteroatoms. The van der Waals surface area contributed by atoms with Crippen molar-refractivity contribution < 1.29 is 17.2 Å². The SMILES string of the molecule is O=S(=O)(NC(c1ccc(Cl)cc1Cl)N1N=CCC1c1ccc(Cl)cc1)c1cc(F)ccc1F. The van der Waals surface area contributed by atoms with E-state index in [1.807, 2.05) is 0 Å². The molecule has 2 unspecified atom stereocenters. The molecule has 3 aromatic rings. The second kappa shape index (κ2) is 9.56. The lowest BCUT2D eigenvalue weighted by molar-refractivity contribution is 0.151. The Kier molecular flexibility index (Phi) is 6.93. The van der Waals surface area contributed by atoms with Gasteiger partial charge in [-0.3, -0.25) is 5.01 Å². The van der Waals surface area contributed by atoms with E-state index in [-0.39, 0.29) is 11.1 Å². The largest absolute Gasteiger partial charge is 0.267 e. The Morgan fingerprint density at radius 3 is 2.36 bits per heavy atom. The lowest BCUT2D eigenvalue weighted by atomic mass is 10.0. The molecular weight excluding hydrogens is 515 g/mol. The molecule has 0 amide bonds. The summed E-state index contributed by atoms with van der Waals surface area (Å²) >= 11 is 18.4. The highest BCUT2D eigenvalue weighted by Crippen LogP contribution is 2.38. The molecule has 172 valence electrons. The summed E-state index contributed by atoms with van der Waals surface area (Å²) in [4.78, 5) is -0.830. The molecule has 0 saturated heterocycles. The van der Waals surface area contributed by atoms with E-state index < -0.39 is 32.7 Å². The molecule has 0 aromatic heterocycles. The number of hydrogen-bond acceptors (Lipinski definition) is 4. The molecule has 1 aliphatic rings. The van der Waals surface area contributed by atoms with E-state index in [0.717, 1.165) is 17.7 Å². The maximum atomic E-state index is 14.3. The van der Waals surface area contributed by atoms with Crippen molar-refractivity contribution in [2.24, 2.45) is 5.10 Å². The molecule has 0 spiro atoms. The van der Waals surface area contributed by atoms with E-state index in [9.17, 15) is 17.2 Å². The Balaban J connectivity index is 1.79. The Bertz CT molecular complexity index is 1320. The normalized spacial score (nSPS) is 16.9. The molecule has 0 radical (unpaired) electrons. The molecule has 5 nitrogen and oxygen atoms in total. The maximum Gasteiger partial charge on any atom is 0.245 e. The van der Waals surface area contributed by atoms with Crippen molar-refractivity contribution in [3.63, 3.8) is 0 Å². The van der Waals surface area contributed by atoms with Gasteiger partial charge in [-0.15, -0.1) is 0 Å². The summed E-state index contributed by atoms with van der Waals surface area (Å²) in [6.07, 6.45) is 0.953. The first-order chi connectivity index (χ1) is 15.7. The Morgan fingerprint density at radius 2 is 1.67 bits per heavy atom. The fourth-order valence-electron chi connectivity index (χ4n) is 3.53. The Labute approximate surface area is 204 Å². The summed E-state index contributed by atoms with van der Waals surface area (Å²) in [6.45, 7) is 0. The Hall–Kier alpha value is -2.23. The van der Waals surface area contributed by atoms with Gasteiger partial charge in [-0.05, 0) is 48.0 Å². The van der Waals surface area contributed by atoms with E-state index in [4.69, 9.17) is 34.8 Å². The van der Waals surface area contributed by atoms with Crippen molar-refractivity contribution in [2.75, 3.05) is 0 Å². The summed E-state index contributed by atoms with van der Waals surface area (Å²) in [5.74, 6) is -1.99. The van der Waals surface area contributed by atoms with Crippen LogP contribution < -0.4 is 4.72 Å². The third-order valence-electron chi connectivity index (χ3n) is 5.09. The molecular formula is C22H16Cl3F2N3O2S. The van der Waals surface area contributed by atoms with Crippen molar-refractivity contribution in [1.82, 2.24) is 9.73 Å². The van der Waals surface area contributed by atoms with Gasteiger partial charge in [-0.25, -0.2) is 17.2 Å². The van der Waals surface area contributed by atoms with Gasteiger partial charge in [0.1, 0.15) is 22.7 Å². The van der Waals surface area contributed by atoms with Gasteiger partial charge in [0.25, 0.3) is 0 Å². The van der Waals surface area contributed by atoms with Crippen LogP contribution in [0.2, 0.25) is 15.1 Å². The van der Waals surface area contributed by atoms with Crippen molar-refractivity contribution in [3.8, 4) is 0 Å². The number of rotatable bonds is 6. The van der Waals surface area contributed by atoms with Gasteiger partial charge in [-0.1, -0.05) is 53.0 Å². The molecule has 2 atom stereocenters. The predicted octanol–water partition coefficient (Wildman–Crippen LogP) is 6.33. The van der Waals surface area contributed by atoms with Crippen LogP contribution in [-0.4, -0.2) is 19.6 Å². The average molecular weight is 531 g/mol. The first-order valence-electron chi connectivity index (χ1n) is 9.64. The average Bonchev–Trinajstić information content (AvgIpc) is 3.24. The molecule has 1 aliphatic heterocycles. The van der Waals surface area contributed by atoms with Crippen LogP contribution in [0.1, 0.15) is 29.8 Å². The van der Waals surface area contributed by atoms with Crippen molar-refractivity contribution >= 4 is 51.0 Å². The smallest absolute Gasteiger partial charge is 0.245 e. The molecule has 0 fully saturated rings. The zero-order chi connectivity index (χ0) is 23.8. The number of hydrogen-bond donors (Lipinski definition) is 1. The van der Waals surface area contributed by atoms with Crippen LogP contribution >= 0.6 is 34.8 Å². The molecule has 1 N–H and O–H groups in total. The van der Waals surface area contributed by atoms with Crippen LogP contribution in [0.25, 0.3) is 0 Å². The predicted molar refractivity (Wildman–Crippen MR) is 125 cm³/mol.